The number of rotatable bonds is 0. The van der Waals surface area contributed by atoms with Gasteiger partial charge in [0.2, 0.25) is 0 Å². The summed E-state index contributed by atoms with van der Waals surface area (Å²) < 4.78 is 0. The van der Waals surface area contributed by atoms with Crippen LogP contribution < -0.4 is 17.0 Å². The maximum Gasteiger partial charge on any atom is 2.00 e. The Morgan fingerprint density at radius 2 is 1.44 bits per heavy atom. The van der Waals surface area contributed by atoms with E-state index < -0.39 is 0 Å². The van der Waals surface area contributed by atoms with Crippen molar-refractivity contribution in [2.75, 3.05) is 0 Å². The first-order chi connectivity index (χ1) is 3.39. The molecule has 2 heteroatoms. The zero-order valence-corrected chi connectivity index (χ0v) is 8.70. The van der Waals surface area contributed by atoms with Gasteiger partial charge in [-0.05, 0) is 0 Å². The van der Waals surface area contributed by atoms with Crippen molar-refractivity contribution >= 4 is 23.1 Å². The molecule has 1 fully saturated rings. The van der Waals surface area contributed by atoms with E-state index in [0.717, 1.165) is 0 Å². The Bertz CT molecular complexity index is 73.0. The molecule has 0 saturated heterocycles. The molecule has 0 bridgehead atoms. The van der Waals surface area contributed by atoms with Gasteiger partial charge in [0, 0.05) is 0 Å². The molecule has 0 aliphatic heterocycles. The summed E-state index contributed by atoms with van der Waals surface area (Å²) in [5.41, 5.74) is 1.21. The Balaban J connectivity index is 0. The van der Waals surface area contributed by atoms with Crippen LogP contribution in [0.1, 0.15) is 32.1 Å². The molecule has 0 amide bonds. The molecule has 0 aromatic heterocycles. The van der Waals surface area contributed by atoms with Gasteiger partial charge >= 0.3 is 23.1 Å². The van der Waals surface area contributed by atoms with Gasteiger partial charge in [-0.3, -0.25) is 5.57 Å². The molecule has 0 aromatic rings. The molecule has 48 valence electrons. The van der Waals surface area contributed by atoms with Crippen molar-refractivity contribution in [3.05, 3.63) is 12.2 Å². The van der Waals surface area contributed by atoms with Crippen LogP contribution in [0, 0.1) is 6.58 Å². The smallest absolute Gasteiger partial charge is 1.00 e. The fraction of sp³-hybridized carbons (Fsp3) is 0.714. The van der Waals surface area contributed by atoms with Crippen molar-refractivity contribution in [2.45, 2.75) is 32.1 Å². The number of allylic oxidation sites excluding steroid dienone is 1. The largest absolute Gasteiger partial charge is 2.00 e. The van der Waals surface area contributed by atoms with Crippen molar-refractivity contribution in [3.8, 4) is 0 Å². The van der Waals surface area contributed by atoms with Crippen LogP contribution in [-0.2, 0) is 0 Å². The second-order valence-electron chi connectivity index (χ2n) is 2.22. The zero-order chi connectivity index (χ0) is 5.11. The molecule has 0 N–H and O–H groups in total. The van der Waals surface area contributed by atoms with Crippen molar-refractivity contribution in [1.82, 2.24) is 0 Å². The maximum atomic E-state index is 5.55. The van der Waals surface area contributed by atoms with Crippen LogP contribution in [0.25, 0.3) is 0 Å². The minimum absolute atomic E-state index is 0. The van der Waals surface area contributed by atoms with Gasteiger partial charge in [-0.2, -0.15) is 0 Å². The Morgan fingerprint density at radius 3 is 1.67 bits per heavy atom. The second kappa shape index (κ2) is 7.10. The zero-order valence-electron chi connectivity index (χ0n) is 5.70. The van der Waals surface area contributed by atoms with E-state index in [1.807, 2.05) is 0 Å². The Labute approximate surface area is 84.0 Å². The molecule has 1 saturated carbocycles. The molecule has 0 nitrogen and oxygen atoms in total. The van der Waals surface area contributed by atoms with Gasteiger partial charge < -0.3 is 23.6 Å². The molecule has 0 radical (unpaired) electrons. The summed E-state index contributed by atoms with van der Waals surface area (Å²) in [6, 6.07) is 0. The van der Waals surface area contributed by atoms with Gasteiger partial charge in [0.1, 0.15) is 0 Å². The van der Waals surface area contributed by atoms with E-state index in [1.54, 1.807) is 0 Å². The second-order valence-corrected chi connectivity index (χ2v) is 2.22. The molecule has 0 unspecified atom stereocenters. The van der Waals surface area contributed by atoms with Crippen LogP contribution >= 0.6 is 0 Å². The number of halogens is 1. The van der Waals surface area contributed by atoms with Crippen molar-refractivity contribution in [1.29, 1.82) is 0 Å². The molecule has 1 rings (SSSR count). The third kappa shape index (κ3) is 5.43. The molecule has 0 aromatic carbocycles. The van der Waals surface area contributed by atoms with Crippen LogP contribution in [0.5, 0.6) is 0 Å². The van der Waals surface area contributed by atoms with E-state index in [-0.39, 0.29) is 40.0 Å². The first-order valence-electron chi connectivity index (χ1n) is 3.00. The molecule has 1 aliphatic carbocycles. The van der Waals surface area contributed by atoms with E-state index in [9.17, 15) is 0 Å². The third-order valence-corrected chi connectivity index (χ3v) is 1.50. The molecule has 0 heterocycles. The van der Waals surface area contributed by atoms with E-state index in [2.05, 4.69) is 0 Å². The van der Waals surface area contributed by atoms with Crippen LogP contribution in [0.4, 0.5) is 0 Å². The van der Waals surface area contributed by atoms with Crippen LogP contribution in [0.3, 0.4) is 0 Å². The Hall–Kier alpha value is 0.986. The van der Waals surface area contributed by atoms with E-state index >= 15 is 0 Å². The van der Waals surface area contributed by atoms with Gasteiger partial charge in [-0.1, -0.05) is 32.1 Å². The SMILES string of the molecule is [Br-].[CH-]=C1CCCCC1.[Mg+2]. The van der Waals surface area contributed by atoms with Crippen molar-refractivity contribution < 1.29 is 17.0 Å². The summed E-state index contributed by atoms with van der Waals surface area (Å²) in [4.78, 5) is 0. The maximum absolute atomic E-state index is 5.55. The van der Waals surface area contributed by atoms with Gasteiger partial charge in [0.05, 0.1) is 0 Å². The van der Waals surface area contributed by atoms with Gasteiger partial charge in [-0.25, -0.2) is 0 Å². The van der Waals surface area contributed by atoms with E-state index in [0.29, 0.717) is 0 Å². The standard InChI is InChI=1S/C7H11.BrH.Mg/c1-7-5-3-2-4-6-7;;/h1H,2-6H2;1H;/q-1;;+2/p-1. The molecule has 1 aliphatic rings. The van der Waals surface area contributed by atoms with E-state index in [4.69, 9.17) is 6.58 Å². The summed E-state index contributed by atoms with van der Waals surface area (Å²) >= 11 is 0. The summed E-state index contributed by atoms with van der Waals surface area (Å²) in [7, 11) is 0. The van der Waals surface area contributed by atoms with Crippen LogP contribution in [0.15, 0.2) is 5.57 Å². The van der Waals surface area contributed by atoms with Gasteiger partial charge in [0.15, 0.2) is 0 Å². The minimum Gasteiger partial charge on any atom is -1.00 e. The number of hydrogen-bond acceptors (Lipinski definition) is 0. The topological polar surface area (TPSA) is 0 Å². The molecule has 0 atom stereocenters. The molecule has 9 heavy (non-hydrogen) atoms. The van der Waals surface area contributed by atoms with Crippen LogP contribution in [0.2, 0.25) is 0 Å². The predicted molar refractivity (Wildman–Crippen MR) is 36.7 cm³/mol. The number of hydrogen-bond donors (Lipinski definition) is 0. The predicted octanol–water partition coefficient (Wildman–Crippen LogP) is -1.07. The average molecular weight is 199 g/mol. The third-order valence-electron chi connectivity index (χ3n) is 1.50. The quantitative estimate of drug-likeness (QED) is 0.344. The van der Waals surface area contributed by atoms with Gasteiger partial charge in [-0.15, -0.1) is 0 Å². The average Bonchev–Trinajstić information content (AvgIpc) is 1.69. The van der Waals surface area contributed by atoms with Crippen LogP contribution in [-0.4, -0.2) is 23.1 Å². The molecule has 0 spiro atoms. The molecular formula is C7H11BrMg. The fourth-order valence-corrected chi connectivity index (χ4v) is 1.01. The first kappa shape index (κ1) is 12.6. The monoisotopic (exact) mass is 198 g/mol. The first-order valence-corrected chi connectivity index (χ1v) is 3.00. The molecular weight excluding hydrogens is 188 g/mol. The summed E-state index contributed by atoms with van der Waals surface area (Å²) in [6.07, 6.45) is 6.40. The van der Waals surface area contributed by atoms with Gasteiger partial charge in [0.25, 0.3) is 0 Å². The minimum atomic E-state index is 0. The van der Waals surface area contributed by atoms with Crippen molar-refractivity contribution in [2.24, 2.45) is 0 Å². The Kier molecular flexibility index (Phi) is 9.97. The summed E-state index contributed by atoms with van der Waals surface area (Å²) in [5, 5.41) is 0. The summed E-state index contributed by atoms with van der Waals surface area (Å²) in [6.45, 7) is 5.55. The fourth-order valence-electron chi connectivity index (χ4n) is 1.01. The van der Waals surface area contributed by atoms with Crippen molar-refractivity contribution in [3.63, 3.8) is 0 Å². The van der Waals surface area contributed by atoms with E-state index in [1.165, 1.54) is 37.7 Å². The normalized spacial score (nSPS) is 17.6. The summed E-state index contributed by atoms with van der Waals surface area (Å²) in [5.74, 6) is 0. The Morgan fingerprint density at radius 1 is 1.00 bits per heavy atom.